The van der Waals surface area contributed by atoms with Crippen LogP contribution >= 0.6 is 25.3 Å². The molecule has 0 radical (unpaired) electrons. The first-order valence-electron chi connectivity index (χ1n) is 3.27. The van der Waals surface area contributed by atoms with Crippen molar-refractivity contribution in [1.82, 2.24) is 0 Å². The molecule has 0 heterocycles. The lowest BCUT2D eigenvalue weighted by Gasteiger charge is -1.81. The van der Waals surface area contributed by atoms with Gasteiger partial charge in [0, 0.05) is 10.6 Å². The lowest BCUT2D eigenvalue weighted by atomic mass is 10.4. The van der Waals surface area contributed by atoms with Crippen molar-refractivity contribution in [2.75, 3.05) is 5.75 Å². The summed E-state index contributed by atoms with van der Waals surface area (Å²) >= 11 is 7.89. The molecule has 11 heavy (non-hydrogen) atoms. The summed E-state index contributed by atoms with van der Waals surface area (Å²) in [7, 11) is 0. The van der Waals surface area contributed by atoms with Gasteiger partial charge >= 0.3 is 0 Å². The van der Waals surface area contributed by atoms with Crippen molar-refractivity contribution in [1.29, 1.82) is 0 Å². The Hall–Kier alpha value is -0.340. The first-order valence-corrected chi connectivity index (χ1v) is 4.35. The van der Waals surface area contributed by atoms with Crippen LogP contribution in [0.2, 0.25) is 0 Å². The quantitative estimate of drug-likeness (QED) is 0.486. The smallest absolute Gasteiger partial charge is 0.00799 e. The van der Waals surface area contributed by atoms with Crippen LogP contribution < -0.4 is 0 Å². The van der Waals surface area contributed by atoms with Crippen molar-refractivity contribution in [2.24, 2.45) is 0 Å². The Kier molecular flexibility index (Phi) is 7.52. The zero-order valence-electron chi connectivity index (χ0n) is 6.27. The van der Waals surface area contributed by atoms with Crippen molar-refractivity contribution >= 4 is 25.3 Å². The average Bonchev–Trinajstić information content (AvgIpc) is 2.07. The van der Waals surface area contributed by atoms with E-state index in [-0.39, 0.29) is 0 Å². The van der Waals surface area contributed by atoms with Crippen molar-refractivity contribution < 1.29 is 0 Å². The van der Waals surface area contributed by atoms with Crippen molar-refractivity contribution in [3.8, 4) is 0 Å². The van der Waals surface area contributed by atoms with Crippen LogP contribution in [-0.2, 0) is 0 Å². The molecule has 2 heteroatoms. The van der Waals surface area contributed by atoms with E-state index >= 15 is 0 Å². The van der Waals surface area contributed by atoms with E-state index in [4.69, 9.17) is 0 Å². The minimum atomic E-state index is 0.778. The normalized spacial score (nSPS) is 7.82. The van der Waals surface area contributed by atoms with Crippen LogP contribution in [0.1, 0.15) is 0 Å². The fourth-order valence-electron chi connectivity index (χ4n) is 0.428. The molecule has 1 aromatic rings. The van der Waals surface area contributed by atoms with E-state index in [1.54, 1.807) is 6.08 Å². The Morgan fingerprint density at radius 2 is 1.73 bits per heavy atom. The summed E-state index contributed by atoms with van der Waals surface area (Å²) in [6.07, 6.45) is 1.74. The monoisotopic (exact) mass is 184 g/mol. The fraction of sp³-hybridized carbons (Fsp3) is 0.111. The molecule has 0 unspecified atom stereocenters. The molecule has 0 saturated carbocycles. The summed E-state index contributed by atoms with van der Waals surface area (Å²) in [5, 5.41) is 0. The van der Waals surface area contributed by atoms with Crippen LogP contribution in [0.4, 0.5) is 0 Å². The molecule has 60 valence electrons. The standard InChI is InChI=1S/C6H6S.C3H6S/c7-6-4-2-1-3-5-6;1-2-3-4/h1-5,7H;2,4H,1,3H2. The summed E-state index contributed by atoms with van der Waals surface area (Å²) in [5.41, 5.74) is 0. The fourth-order valence-corrected chi connectivity index (χ4v) is 0.600. The molecule has 0 aromatic heterocycles. The van der Waals surface area contributed by atoms with Gasteiger partial charge in [0.15, 0.2) is 0 Å². The summed E-state index contributed by atoms with van der Waals surface area (Å²) in [6, 6.07) is 9.79. The maximum atomic E-state index is 4.08. The van der Waals surface area contributed by atoms with E-state index < -0.39 is 0 Å². The Morgan fingerprint density at radius 3 is 1.91 bits per heavy atom. The Morgan fingerprint density at radius 1 is 1.27 bits per heavy atom. The van der Waals surface area contributed by atoms with Crippen LogP contribution in [-0.4, -0.2) is 5.75 Å². The van der Waals surface area contributed by atoms with Crippen LogP contribution in [0.3, 0.4) is 0 Å². The topological polar surface area (TPSA) is 0 Å². The van der Waals surface area contributed by atoms with Crippen LogP contribution in [0.25, 0.3) is 0 Å². The van der Waals surface area contributed by atoms with Gasteiger partial charge in [-0.1, -0.05) is 24.3 Å². The number of rotatable bonds is 1. The number of hydrogen-bond donors (Lipinski definition) is 2. The highest BCUT2D eigenvalue weighted by Crippen LogP contribution is 2.00. The third-order valence-electron chi connectivity index (χ3n) is 0.885. The van der Waals surface area contributed by atoms with Gasteiger partial charge in [-0.3, -0.25) is 0 Å². The van der Waals surface area contributed by atoms with E-state index in [1.807, 2.05) is 30.3 Å². The summed E-state index contributed by atoms with van der Waals surface area (Å²) in [6.45, 7) is 3.40. The van der Waals surface area contributed by atoms with Gasteiger partial charge in [-0.15, -0.1) is 19.2 Å². The van der Waals surface area contributed by atoms with Gasteiger partial charge in [-0.2, -0.15) is 12.6 Å². The average molecular weight is 184 g/mol. The highest BCUT2D eigenvalue weighted by molar-refractivity contribution is 7.80. The molecule has 0 amide bonds. The first-order chi connectivity index (χ1) is 5.31. The number of hydrogen-bond acceptors (Lipinski definition) is 2. The van der Waals surface area contributed by atoms with E-state index in [0.29, 0.717) is 0 Å². The van der Waals surface area contributed by atoms with Crippen molar-refractivity contribution in [3.63, 3.8) is 0 Å². The molecular weight excluding hydrogens is 172 g/mol. The zero-order chi connectivity index (χ0) is 8.53. The lowest BCUT2D eigenvalue weighted by molar-refractivity contribution is 1.48. The van der Waals surface area contributed by atoms with Crippen LogP contribution in [0.15, 0.2) is 47.9 Å². The van der Waals surface area contributed by atoms with Crippen LogP contribution in [0.5, 0.6) is 0 Å². The third-order valence-corrected chi connectivity index (χ3v) is 1.44. The summed E-state index contributed by atoms with van der Waals surface area (Å²) < 4.78 is 0. The molecule has 0 aliphatic carbocycles. The van der Waals surface area contributed by atoms with Crippen LogP contribution in [0, 0.1) is 0 Å². The Balaban J connectivity index is 0.000000218. The molecule has 0 nitrogen and oxygen atoms in total. The maximum absolute atomic E-state index is 4.08. The van der Waals surface area contributed by atoms with Gasteiger partial charge in [0.05, 0.1) is 0 Å². The molecule has 0 saturated heterocycles. The van der Waals surface area contributed by atoms with E-state index in [0.717, 1.165) is 10.6 Å². The van der Waals surface area contributed by atoms with Gasteiger partial charge in [0.25, 0.3) is 0 Å². The highest BCUT2D eigenvalue weighted by Gasteiger charge is 1.73. The molecule has 0 fully saturated rings. The first kappa shape index (κ1) is 10.7. The molecule has 0 atom stereocenters. The molecule has 0 aliphatic rings. The van der Waals surface area contributed by atoms with Crippen molar-refractivity contribution in [2.45, 2.75) is 4.90 Å². The molecule has 0 spiro atoms. The summed E-state index contributed by atoms with van der Waals surface area (Å²) in [5.74, 6) is 0.778. The maximum Gasteiger partial charge on any atom is 0.00799 e. The highest BCUT2D eigenvalue weighted by atomic mass is 32.1. The molecule has 1 rings (SSSR count). The minimum Gasteiger partial charge on any atom is -0.175 e. The second kappa shape index (κ2) is 7.76. The van der Waals surface area contributed by atoms with Gasteiger partial charge in [0.2, 0.25) is 0 Å². The second-order valence-corrected chi connectivity index (χ2v) is 2.69. The zero-order valence-corrected chi connectivity index (χ0v) is 8.06. The van der Waals surface area contributed by atoms with E-state index in [9.17, 15) is 0 Å². The van der Waals surface area contributed by atoms with Gasteiger partial charge in [-0.25, -0.2) is 0 Å². The van der Waals surface area contributed by atoms with E-state index in [2.05, 4.69) is 31.8 Å². The summed E-state index contributed by atoms with van der Waals surface area (Å²) in [4.78, 5) is 1.02. The van der Waals surface area contributed by atoms with Gasteiger partial charge in [-0.05, 0) is 12.1 Å². The molecule has 0 N–H and O–H groups in total. The number of thiol groups is 2. The molecular formula is C9H12S2. The largest absolute Gasteiger partial charge is 0.175 e. The van der Waals surface area contributed by atoms with Gasteiger partial charge < -0.3 is 0 Å². The second-order valence-electron chi connectivity index (χ2n) is 1.81. The SMILES string of the molecule is C=CCS.Sc1ccccc1. The Bertz CT molecular complexity index is 182. The number of benzene rings is 1. The van der Waals surface area contributed by atoms with Gasteiger partial charge in [0.1, 0.15) is 0 Å². The lowest BCUT2D eigenvalue weighted by Crippen LogP contribution is -1.56. The minimum absolute atomic E-state index is 0.778. The predicted octanol–water partition coefficient (Wildman–Crippen LogP) is 3.08. The van der Waals surface area contributed by atoms with Crippen molar-refractivity contribution in [3.05, 3.63) is 43.0 Å². The molecule has 1 aromatic carbocycles. The van der Waals surface area contributed by atoms with E-state index in [1.165, 1.54) is 0 Å². The molecule has 0 bridgehead atoms. The molecule has 0 aliphatic heterocycles. The third kappa shape index (κ3) is 7.56. The Labute approximate surface area is 79.2 Å². The predicted molar refractivity (Wildman–Crippen MR) is 57.7 cm³/mol.